The van der Waals surface area contributed by atoms with Crippen molar-refractivity contribution in [2.45, 2.75) is 25.2 Å². The highest BCUT2D eigenvalue weighted by Gasteiger charge is 2.25. The van der Waals surface area contributed by atoms with Crippen LogP contribution < -0.4 is 0 Å². The second-order valence-corrected chi connectivity index (χ2v) is 4.10. The second kappa shape index (κ2) is 3.63. The fraction of sp³-hybridized carbons (Fsp3) is 0.333. The third kappa shape index (κ3) is 1.46. The van der Waals surface area contributed by atoms with Gasteiger partial charge in [-0.3, -0.25) is 0 Å². The molecule has 0 atom stereocenters. The summed E-state index contributed by atoms with van der Waals surface area (Å²) in [4.78, 5) is 4.33. The van der Waals surface area contributed by atoms with Gasteiger partial charge < -0.3 is 9.63 Å². The Hall–Kier alpha value is -1.84. The van der Waals surface area contributed by atoms with Gasteiger partial charge in [0.1, 0.15) is 5.75 Å². The Balaban J connectivity index is 1.95. The predicted molar refractivity (Wildman–Crippen MR) is 58.0 cm³/mol. The number of phenolic OH excluding ortho intramolecular Hbond substituents is 1. The number of aromatic nitrogens is 2. The lowest BCUT2D eigenvalue weighted by Gasteiger charge is -2.20. The summed E-state index contributed by atoms with van der Waals surface area (Å²) in [6.45, 7) is 0. The molecule has 0 saturated heterocycles. The smallest absolute Gasteiger partial charge is 0.261 e. The SMILES string of the molecule is Oc1ccccc1-c1nc(C2CCC2)no1. The molecule has 16 heavy (non-hydrogen) atoms. The minimum Gasteiger partial charge on any atom is -0.507 e. The second-order valence-electron chi connectivity index (χ2n) is 4.10. The van der Waals surface area contributed by atoms with E-state index in [0.717, 1.165) is 18.7 Å². The summed E-state index contributed by atoms with van der Waals surface area (Å²) in [5.74, 6) is 1.79. The Morgan fingerprint density at radius 2 is 2.06 bits per heavy atom. The van der Waals surface area contributed by atoms with Crippen LogP contribution in [0, 0.1) is 0 Å². The van der Waals surface area contributed by atoms with Crippen molar-refractivity contribution in [1.29, 1.82) is 0 Å². The number of aromatic hydroxyl groups is 1. The molecule has 1 N–H and O–H groups in total. The fourth-order valence-corrected chi connectivity index (χ4v) is 1.83. The van der Waals surface area contributed by atoms with Crippen molar-refractivity contribution in [3.63, 3.8) is 0 Å². The molecule has 82 valence electrons. The summed E-state index contributed by atoms with van der Waals surface area (Å²) in [6.07, 6.45) is 3.52. The highest BCUT2D eigenvalue weighted by Crippen LogP contribution is 2.36. The molecule has 1 aliphatic rings. The number of phenols is 1. The first-order valence-corrected chi connectivity index (χ1v) is 5.46. The van der Waals surface area contributed by atoms with Crippen molar-refractivity contribution in [2.24, 2.45) is 0 Å². The normalized spacial score (nSPS) is 16.0. The molecular weight excluding hydrogens is 204 g/mol. The standard InChI is InChI=1S/C12H12N2O2/c15-10-7-2-1-6-9(10)12-13-11(14-16-12)8-4-3-5-8/h1-2,6-8,15H,3-5H2. The van der Waals surface area contributed by atoms with E-state index < -0.39 is 0 Å². The summed E-state index contributed by atoms with van der Waals surface area (Å²) in [5, 5.41) is 13.6. The summed E-state index contributed by atoms with van der Waals surface area (Å²) < 4.78 is 5.17. The largest absolute Gasteiger partial charge is 0.507 e. The maximum absolute atomic E-state index is 9.66. The van der Waals surface area contributed by atoms with Crippen LogP contribution >= 0.6 is 0 Å². The first-order valence-electron chi connectivity index (χ1n) is 5.46. The molecule has 0 spiro atoms. The summed E-state index contributed by atoms with van der Waals surface area (Å²) >= 11 is 0. The van der Waals surface area contributed by atoms with Gasteiger partial charge >= 0.3 is 0 Å². The van der Waals surface area contributed by atoms with Crippen LogP contribution in [0.25, 0.3) is 11.5 Å². The number of para-hydroxylation sites is 1. The van der Waals surface area contributed by atoms with Gasteiger partial charge in [-0.25, -0.2) is 0 Å². The third-order valence-corrected chi connectivity index (χ3v) is 3.05. The zero-order valence-electron chi connectivity index (χ0n) is 8.76. The van der Waals surface area contributed by atoms with Crippen molar-refractivity contribution in [1.82, 2.24) is 10.1 Å². The number of benzene rings is 1. The average Bonchev–Trinajstić information content (AvgIpc) is 2.65. The van der Waals surface area contributed by atoms with E-state index in [1.165, 1.54) is 6.42 Å². The zero-order chi connectivity index (χ0) is 11.0. The average molecular weight is 216 g/mol. The van der Waals surface area contributed by atoms with Crippen molar-refractivity contribution >= 4 is 0 Å². The van der Waals surface area contributed by atoms with Gasteiger partial charge in [0.25, 0.3) is 5.89 Å². The van der Waals surface area contributed by atoms with Crippen LogP contribution in [-0.2, 0) is 0 Å². The first-order chi connectivity index (χ1) is 7.84. The molecule has 0 unspecified atom stereocenters. The van der Waals surface area contributed by atoms with Gasteiger partial charge in [0.15, 0.2) is 5.82 Å². The molecule has 1 aromatic heterocycles. The van der Waals surface area contributed by atoms with E-state index in [4.69, 9.17) is 4.52 Å². The van der Waals surface area contributed by atoms with Gasteiger partial charge in [0.2, 0.25) is 0 Å². The van der Waals surface area contributed by atoms with Gasteiger partial charge in [-0.1, -0.05) is 23.7 Å². The van der Waals surface area contributed by atoms with Crippen molar-refractivity contribution in [2.75, 3.05) is 0 Å². The molecule has 0 bridgehead atoms. The van der Waals surface area contributed by atoms with Crippen LogP contribution in [0.1, 0.15) is 31.0 Å². The molecule has 1 aliphatic carbocycles. The topological polar surface area (TPSA) is 59.2 Å². The van der Waals surface area contributed by atoms with Crippen LogP contribution in [0.5, 0.6) is 5.75 Å². The van der Waals surface area contributed by atoms with E-state index in [9.17, 15) is 5.11 Å². The van der Waals surface area contributed by atoms with E-state index in [1.807, 2.05) is 6.07 Å². The van der Waals surface area contributed by atoms with Crippen molar-refractivity contribution < 1.29 is 9.63 Å². The molecule has 1 saturated carbocycles. The molecule has 2 aromatic rings. The van der Waals surface area contributed by atoms with Crippen LogP contribution in [0.2, 0.25) is 0 Å². The molecule has 4 nitrogen and oxygen atoms in total. The Bertz CT molecular complexity index is 503. The first kappa shape index (κ1) is 9.39. The minimum absolute atomic E-state index is 0.173. The van der Waals surface area contributed by atoms with E-state index in [0.29, 0.717) is 17.4 Å². The summed E-state index contributed by atoms with van der Waals surface area (Å²) in [7, 11) is 0. The minimum atomic E-state index is 0.173. The molecule has 4 heteroatoms. The predicted octanol–water partition coefficient (Wildman–Crippen LogP) is 2.71. The summed E-state index contributed by atoms with van der Waals surface area (Å²) in [6, 6.07) is 6.99. The molecule has 0 amide bonds. The third-order valence-electron chi connectivity index (χ3n) is 3.05. The summed E-state index contributed by atoms with van der Waals surface area (Å²) in [5.41, 5.74) is 0.598. The molecule has 1 fully saturated rings. The van der Waals surface area contributed by atoms with E-state index in [2.05, 4.69) is 10.1 Å². The Morgan fingerprint density at radius 1 is 1.25 bits per heavy atom. The lowest BCUT2D eigenvalue weighted by Crippen LogP contribution is -2.10. The maximum Gasteiger partial charge on any atom is 0.261 e. The van der Waals surface area contributed by atoms with E-state index >= 15 is 0 Å². The van der Waals surface area contributed by atoms with Gasteiger partial charge in [-0.15, -0.1) is 0 Å². The molecule has 3 rings (SSSR count). The van der Waals surface area contributed by atoms with Crippen molar-refractivity contribution in [3.05, 3.63) is 30.1 Å². The van der Waals surface area contributed by atoms with E-state index in [-0.39, 0.29) is 5.75 Å². The Kier molecular flexibility index (Phi) is 2.13. The van der Waals surface area contributed by atoms with Gasteiger partial charge in [0, 0.05) is 5.92 Å². The van der Waals surface area contributed by atoms with Gasteiger partial charge in [0.05, 0.1) is 5.56 Å². The van der Waals surface area contributed by atoms with Crippen LogP contribution in [0.3, 0.4) is 0 Å². The zero-order valence-corrected chi connectivity index (χ0v) is 8.76. The van der Waals surface area contributed by atoms with Crippen LogP contribution in [0.15, 0.2) is 28.8 Å². The molecule has 1 heterocycles. The highest BCUT2D eigenvalue weighted by atomic mass is 16.5. The van der Waals surface area contributed by atoms with Crippen molar-refractivity contribution in [3.8, 4) is 17.2 Å². The van der Waals surface area contributed by atoms with Gasteiger partial charge in [-0.2, -0.15) is 4.98 Å². The highest BCUT2D eigenvalue weighted by molar-refractivity contribution is 5.61. The van der Waals surface area contributed by atoms with Gasteiger partial charge in [-0.05, 0) is 25.0 Å². The quantitative estimate of drug-likeness (QED) is 0.838. The molecular formula is C12H12N2O2. The lowest BCUT2D eigenvalue weighted by atomic mass is 9.85. The number of rotatable bonds is 2. The number of nitrogens with zero attached hydrogens (tertiary/aromatic N) is 2. The molecule has 0 radical (unpaired) electrons. The Labute approximate surface area is 92.9 Å². The lowest BCUT2D eigenvalue weighted by molar-refractivity contribution is 0.365. The maximum atomic E-state index is 9.66. The van der Waals surface area contributed by atoms with Crippen LogP contribution in [-0.4, -0.2) is 15.2 Å². The monoisotopic (exact) mass is 216 g/mol. The molecule has 1 aromatic carbocycles. The Morgan fingerprint density at radius 3 is 2.75 bits per heavy atom. The van der Waals surface area contributed by atoms with Crippen LogP contribution in [0.4, 0.5) is 0 Å². The van der Waals surface area contributed by atoms with E-state index in [1.54, 1.807) is 18.2 Å². The number of hydrogen-bond donors (Lipinski definition) is 1. The fourth-order valence-electron chi connectivity index (χ4n) is 1.83. The number of hydrogen-bond acceptors (Lipinski definition) is 4. The molecule has 0 aliphatic heterocycles.